The minimum atomic E-state index is 0.809. The number of rotatable bonds is 9. The van der Waals surface area contributed by atoms with Crippen molar-refractivity contribution < 1.29 is 8.83 Å². The predicted octanol–water partition coefficient (Wildman–Crippen LogP) is 15.9. The monoisotopic (exact) mass is 759 g/mol. The fourth-order valence-corrected chi connectivity index (χ4v) is 8.34. The molecular formula is C54H37N3O2. The van der Waals surface area contributed by atoms with Gasteiger partial charge in [-0.05, 0) is 103 Å². The van der Waals surface area contributed by atoms with E-state index in [0.29, 0.717) is 0 Å². The highest BCUT2D eigenvalue weighted by atomic mass is 16.3. The molecule has 2 heterocycles. The first-order valence-electron chi connectivity index (χ1n) is 19.8. The highest BCUT2D eigenvalue weighted by Gasteiger charge is 2.25. The third-order valence-electron chi connectivity index (χ3n) is 11.0. The van der Waals surface area contributed by atoms with Crippen LogP contribution in [-0.2, 0) is 0 Å². The topological polar surface area (TPSA) is 36.0 Å². The van der Waals surface area contributed by atoms with E-state index >= 15 is 0 Å². The first-order valence-corrected chi connectivity index (χ1v) is 19.8. The van der Waals surface area contributed by atoms with Gasteiger partial charge in [-0.25, -0.2) is 0 Å². The van der Waals surface area contributed by atoms with Crippen molar-refractivity contribution in [1.29, 1.82) is 0 Å². The number of furan rings is 2. The quantitative estimate of drug-likeness (QED) is 0.146. The van der Waals surface area contributed by atoms with Gasteiger partial charge in [0.05, 0.1) is 5.69 Å². The molecule has 0 amide bonds. The third-order valence-corrected chi connectivity index (χ3v) is 11.0. The number of hydrogen-bond donors (Lipinski definition) is 0. The Bertz CT molecular complexity index is 3150. The highest BCUT2D eigenvalue weighted by molar-refractivity contribution is 6.13. The molecule has 0 fully saturated rings. The molecule has 5 heteroatoms. The SMILES string of the molecule is c1ccc(N(c2ccccc2)c2cccc(N(c3ccc4c(c3)oc3ccccc34)c3cc(N(c4ccccc4)c4ccccc4)c4oc5ccccc5c4c3)c2)cc1. The molecule has 280 valence electrons. The number of nitrogens with zero attached hydrogens (tertiary/aromatic N) is 3. The second kappa shape index (κ2) is 14.5. The summed E-state index contributed by atoms with van der Waals surface area (Å²) < 4.78 is 13.3. The number of benzene rings is 9. The standard InChI is InChI=1S/C54H37N3O2/c1-5-18-38(19-6-1)55(39-20-7-2-8-21-39)42-26-17-27-43(34-42)56(44-32-33-48-46-28-13-15-30-51(46)58-53(48)37-44)45-35-49-47-29-14-16-31-52(47)59-54(49)50(36-45)57(40-22-9-3-10-23-40)41-24-11-4-12-25-41/h1-37H. The molecule has 0 radical (unpaired) electrons. The van der Waals surface area contributed by atoms with E-state index in [4.69, 9.17) is 8.83 Å². The van der Waals surface area contributed by atoms with E-state index in [-0.39, 0.29) is 0 Å². The van der Waals surface area contributed by atoms with Gasteiger partial charge in [-0.15, -0.1) is 0 Å². The number of anilines is 9. The lowest BCUT2D eigenvalue weighted by molar-refractivity contribution is 0.668. The molecule has 9 aromatic carbocycles. The zero-order chi connectivity index (χ0) is 39.1. The summed E-state index contributed by atoms with van der Waals surface area (Å²) in [7, 11) is 0. The molecule has 0 bridgehead atoms. The van der Waals surface area contributed by atoms with E-state index in [0.717, 1.165) is 95.1 Å². The Morgan fingerprint density at radius 1 is 0.237 bits per heavy atom. The highest BCUT2D eigenvalue weighted by Crippen LogP contribution is 2.48. The van der Waals surface area contributed by atoms with Crippen molar-refractivity contribution in [2.24, 2.45) is 0 Å². The summed E-state index contributed by atoms with van der Waals surface area (Å²) in [5, 5.41) is 4.24. The van der Waals surface area contributed by atoms with E-state index in [1.807, 2.05) is 24.3 Å². The molecular weight excluding hydrogens is 723 g/mol. The normalized spacial score (nSPS) is 11.4. The second-order valence-electron chi connectivity index (χ2n) is 14.6. The molecule has 0 aliphatic carbocycles. The van der Waals surface area contributed by atoms with Gasteiger partial charge in [-0.2, -0.15) is 0 Å². The van der Waals surface area contributed by atoms with Crippen LogP contribution in [0.5, 0.6) is 0 Å². The molecule has 59 heavy (non-hydrogen) atoms. The molecule has 0 aliphatic heterocycles. The summed E-state index contributed by atoms with van der Waals surface area (Å²) in [6.07, 6.45) is 0. The third kappa shape index (κ3) is 6.13. The van der Waals surface area contributed by atoms with Gasteiger partial charge in [0.25, 0.3) is 0 Å². The van der Waals surface area contributed by atoms with Crippen LogP contribution in [0.4, 0.5) is 51.2 Å². The Hall–Kier alpha value is -8.02. The van der Waals surface area contributed by atoms with Crippen LogP contribution in [0.3, 0.4) is 0 Å². The Morgan fingerprint density at radius 2 is 0.661 bits per heavy atom. The lowest BCUT2D eigenvalue weighted by atomic mass is 10.1. The summed E-state index contributed by atoms with van der Waals surface area (Å²) in [5.74, 6) is 0. The van der Waals surface area contributed by atoms with Crippen LogP contribution in [-0.4, -0.2) is 0 Å². The first kappa shape index (κ1) is 34.2. The average molecular weight is 760 g/mol. The summed E-state index contributed by atoms with van der Waals surface area (Å²) >= 11 is 0. The lowest BCUT2D eigenvalue weighted by Gasteiger charge is -2.31. The molecule has 0 atom stereocenters. The summed E-state index contributed by atoms with van der Waals surface area (Å²) in [6.45, 7) is 0. The maximum atomic E-state index is 6.81. The zero-order valence-electron chi connectivity index (χ0n) is 32.0. The van der Waals surface area contributed by atoms with Gasteiger partial charge in [0.2, 0.25) is 0 Å². The van der Waals surface area contributed by atoms with Crippen LogP contribution >= 0.6 is 0 Å². The fraction of sp³-hybridized carbons (Fsp3) is 0. The van der Waals surface area contributed by atoms with Crippen LogP contribution in [0.25, 0.3) is 43.9 Å². The van der Waals surface area contributed by atoms with Gasteiger partial charge in [0.1, 0.15) is 16.7 Å². The largest absolute Gasteiger partial charge is 0.456 e. The van der Waals surface area contributed by atoms with Crippen molar-refractivity contribution in [2.45, 2.75) is 0 Å². The van der Waals surface area contributed by atoms with E-state index in [1.54, 1.807) is 0 Å². The fourth-order valence-electron chi connectivity index (χ4n) is 8.34. The molecule has 5 nitrogen and oxygen atoms in total. The van der Waals surface area contributed by atoms with Gasteiger partial charge in [0.15, 0.2) is 5.58 Å². The van der Waals surface area contributed by atoms with Gasteiger partial charge >= 0.3 is 0 Å². The molecule has 0 saturated carbocycles. The van der Waals surface area contributed by atoms with Crippen molar-refractivity contribution in [1.82, 2.24) is 0 Å². The molecule has 0 unspecified atom stereocenters. The van der Waals surface area contributed by atoms with Gasteiger partial charge in [-0.1, -0.05) is 115 Å². The van der Waals surface area contributed by atoms with Gasteiger partial charge in [-0.3, -0.25) is 0 Å². The summed E-state index contributed by atoms with van der Waals surface area (Å²) in [6, 6.07) is 78.4. The summed E-state index contributed by atoms with van der Waals surface area (Å²) in [4.78, 5) is 6.93. The molecule has 11 aromatic rings. The van der Waals surface area contributed by atoms with E-state index < -0.39 is 0 Å². The first-order chi connectivity index (χ1) is 29.3. The Morgan fingerprint density at radius 3 is 1.24 bits per heavy atom. The maximum absolute atomic E-state index is 6.81. The molecule has 0 saturated heterocycles. The van der Waals surface area contributed by atoms with Crippen molar-refractivity contribution >= 4 is 95.1 Å². The van der Waals surface area contributed by atoms with E-state index in [1.165, 1.54) is 0 Å². The summed E-state index contributed by atoms with van der Waals surface area (Å²) in [5.41, 5.74) is 12.4. The Labute approximate surface area is 341 Å². The van der Waals surface area contributed by atoms with Crippen LogP contribution < -0.4 is 14.7 Å². The Balaban J connectivity index is 1.19. The average Bonchev–Trinajstić information content (AvgIpc) is 3.87. The second-order valence-corrected chi connectivity index (χ2v) is 14.6. The number of hydrogen-bond acceptors (Lipinski definition) is 5. The van der Waals surface area contributed by atoms with Crippen molar-refractivity contribution in [3.8, 4) is 0 Å². The van der Waals surface area contributed by atoms with Crippen molar-refractivity contribution in [2.75, 3.05) is 14.7 Å². The Kier molecular flexibility index (Phi) is 8.41. The molecule has 2 aromatic heterocycles. The van der Waals surface area contributed by atoms with E-state index in [9.17, 15) is 0 Å². The van der Waals surface area contributed by atoms with Crippen LogP contribution in [0.2, 0.25) is 0 Å². The van der Waals surface area contributed by atoms with Crippen LogP contribution in [0, 0.1) is 0 Å². The molecule has 0 N–H and O–H groups in total. The number of para-hydroxylation sites is 6. The predicted molar refractivity (Wildman–Crippen MR) is 245 cm³/mol. The van der Waals surface area contributed by atoms with Crippen LogP contribution in [0.1, 0.15) is 0 Å². The van der Waals surface area contributed by atoms with Crippen molar-refractivity contribution in [3.63, 3.8) is 0 Å². The molecule has 0 aliphatic rings. The molecule has 0 spiro atoms. The van der Waals surface area contributed by atoms with Gasteiger partial charge in [0, 0.05) is 73.1 Å². The lowest BCUT2D eigenvalue weighted by Crippen LogP contribution is -2.14. The minimum Gasteiger partial charge on any atom is -0.456 e. The zero-order valence-corrected chi connectivity index (χ0v) is 32.0. The molecule has 11 rings (SSSR count). The van der Waals surface area contributed by atoms with Gasteiger partial charge < -0.3 is 23.5 Å². The van der Waals surface area contributed by atoms with Crippen molar-refractivity contribution in [3.05, 3.63) is 224 Å². The maximum Gasteiger partial charge on any atom is 0.159 e. The van der Waals surface area contributed by atoms with Crippen LogP contribution in [0.15, 0.2) is 233 Å². The van der Waals surface area contributed by atoms with E-state index in [2.05, 4.69) is 215 Å². The smallest absolute Gasteiger partial charge is 0.159 e. The minimum absolute atomic E-state index is 0.809. The number of fused-ring (bicyclic) bond motifs is 6.